The van der Waals surface area contributed by atoms with Crippen LogP contribution in [0.3, 0.4) is 0 Å². The highest BCUT2D eigenvalue weighted by Gasteiger charge is 2.33. The summed E-state index contributed by atoms with van der Waals surface area (Å²) < 4.78 is 94.5. The van der Waals surface area contributed by atoms with Gasteiger partial charge in [0.25, 0.3) is 5.56 Å². The number of nitrogens with one attached hydrogen (secondary N) is 3. The van der Waals surface area contributed by atoms with Gasteiger partial charge in [0.2, 0.25) is 5.88 Å². The summed E-state index contributed by atoms with van der Waals surface area (Å²) >= 11 is 22.0. The second-order valence-corrected chi connectivity index (χ2v) is 11.3. The predicted molar refractivity (Wildman–Crippen MR) is 178 cm³/mol. The molecule has 0 radical (unpaired) electrons. The fraction of sp³-hybridized carbons (Fsp3) is 0.200. The predicted octanol–water partition coefficient (Wildman–Crippen LogP) is 9.43. The molecule has 0 aliphatic rings. The number of hydrogen-bond donors (Lipinski definition) is 3. The van der Waals surface area contributed by atoms with Crippen LogP contribution in [0.15, 0.2) is 66.5 Å². The number of aromatic amines is 1. The normalized spacial score (nSPS) is 11.0. The van der Waals surface area contributed by atoms with Gasteiger partial charge in [-0.25, -0.2) is 18.7 Å². The molecule has 0 aliphatic heterocycles. The molecule has 0 saturated carbocycles. The van der Waals surface area contributed by atoms with Gasteiger partial charge in [0, 0.05) is 30.9 Å². The number of carbonyl (C=O) groups is 2. The number of benzene rings is 2. The molecule has 2 amide bonds. The summed E-state index contributed by atoms with van der Waals surface area (Å²) in [5.41, 5.74) is -1.34. The molecule has 2 aromatic heterocycles. The molecule has 2 heterocycles. The van der Waals surface area contributed by atoms with Crippen molar-refractivity contribution in [2.45, 2.75) is 26.2 Å². The Balaban J connectivity index is 0.000000292. The number of ether oxygens (including phenoxy) is 1. The number of carbonyl (C=O) groups excluding carboxylic acids is 2. The molecular weight excluding hydrogens is 783 g/mol. The quantitative estimate of drug-likeness (QED) is 0.102. The number of nitrogens with zero attached hydrogens (tertiary/aromatic N) is 3. The number of H-pyrrole nitrogens is 1. The van der Waals surface area contributed by atoms with E-state index in [1.165, 1.54) is 18.2 Å². The first kappa shape index (κ1) is 42.7. The van der Waals surface area contributed by atoms with Crippen molar-refractivity contribution >= 4 is 58.5 Å². The number of aromatic nitrogens is 4. The second-order valence-electron chi connectivity index (χ2n) is 9.70. The Morgan fingerprint density at radius 2 is 1.25 bits per heavy atom. The molecule has 0 spiro atoms. The molecule has 4 aromatic rings. The minimum Gasteiger partial charge on any atom is -0.434 e. The molecular formula is C30H25Cl4F7N6O4. The lowest BCUT2D eigenvalue weighted by Gasteiger charge is -2.11. The third-order valence-corrected chi connectivity index (χ3v) is 6.93. The van der Waals surface area contributed by atoms with E-state index in [0.29, 0.717) is 42.2 Å². The van der Waals surface area contributed by atoms with Gasteiger partial charge in [0.1, 0.15) is 0 Å². The molecule has 0 atom stereocenters. The van der Waals surface area contributed by atoms with Crippen molar-refractivity contribution in [3.63, 3.8) is 0 Å². The lowest BCUT2D eigenvalue weighted by Crippen LogP contribution is -2.30. The van der Waals surface area contributed by atoms with Gasteiger partial charge in [-0.15, -0.1) is 18.3 Å². The molecule has 51 heavy (non-hydrogen) atoms. The maximum atomic E-state index is 12.7. The van der Waals surface area contributed by atoms with Crippen LogP contribution in [0.25, 0.3) is 0 Å². The highest BCUT2D eigenvalue weighted by atomic mass is 35.5. The van der Waals surface area contributed by atoms with Crippen LogP contribution in [0.5, 0.6) is 11.6 Å². The zero-order valence-corrected chi connectivity index (χ0v) is 29.1. The summed E-state index contributed by atoms with van der Waals surface area (Å²) in [6.45, 7) is 10.8. The smallest absolute Gasteiger partial charge is 0.416 e. The van der Waals surface area contributed by atoms with Crippen molar-refractivity contribution in [1.82, 2.24) is 30.2 Å². The lowest BCUT2D eigenvalue weighted by atomic mass is 10.2. The van der Waals surface area contributed by atoms with Crippen molar-refractivity contribution < 1.29 is 45.1 Å². The molecule has 0 saturated heterocycles. The number of halogens is 11. The van der Waals surface area contributed by atoms with Gasteiger partial charge in [-0.2, -0.15) is 31.0 Å². The molecule has 21 heteroatoms. The molecule has 10 nitrogen and oxygen atoms in total. The van der Waals surface area contributed by atoms with Crippen LogP contribution in [-0.2, 0) is 12.4 Å². The SMILES string of the molecule is C=CCNC(=O)n1[nH]c(=O)cc1C.C=CCNC(=O)n1nc(Oc2c(Cl)cc(C(F)(F)F)cc2Cl)cc1C.Fc1c(Cl)cc(C(F)(F)F)cc1Cl. The van der Waals surface area contributed by atoms with Gasteiger partial charge in [-0.1, -0.05) is 58.6 Å². The van der Waals surface area contributed by atoms with Crippen LogP contribution in [0.4, 0.5) is 40.3 Å². The number of amides is 2. The van der Waals surface area contributed by atoms with Gasteiger partial charge in [0.15, 0.2) is 11.6 Å². The molecule has 276 valence electrons. The average molecular weight is 808 g/mol. The number of rotatable bonds is 6. The van der Waals surface area contributed by atoms with Crippen molar-refractivity contribution in [1.29, 1.82) is 0 Å². The number of alkyl halides is 6. The van der Waals surface area contributed by atoms with Gasteiger partial charge < -0.3 is 15.4 Å². The molecule has 0 bridgehead atoms. The summed E-state index contributed by atoms with van der Waals surface area (Å²) in [6, 6.07) is 4.26. The fourth-order valence-electron chi connectivity index (χ4n) is 3.52. The fourth-order valence-corrected chi connectivity index (χ4v) is 4.57. The van der Waals surface area contributed by atoms with E-state index in [1.807, 2.05) is 0 Å². The maximum Gasteiger partial charge on any atom is 0.416 e. The van der Waals surface area contributed by atoms with Crippen molar-refractivity contribution in [3.05, 3.63) is 120 Å². The summed E-state index contributed by atoms with van der Waals surface area (Å²) in [4.78, 5) is 34.0. The Hall–Kier alpha value is -4.45. The van der Waals surface area contributed by atoms with E-state index in [9.17, 15) is 45.1 Å². The largest absolute Gasteiger partial charge is 0.434 e. The Kier molecular flexibility index (Phi) is 15.2. The summed E-state index contributed by atoms with van der Waals surface area (Å²) in [5, 5.41) is 9.41. The Morgan fingerprint density at radius 1 is 0.804 bits per heavy atom. The zero-order chi connectivity index (χ0) is 38.8. The first-order valence-electron chi connectivity index (χ1n) is 13.7. The van der Waals surface area contributed by atoms with E-state index >= 15 is 0 Å². The van der Waals surface area contributed by atoms with Crippen molar-refractivity contribution in [3.8, 4) is 11.6 Å². The molecule has 0 aliphatic carbocycles. The third kappa shape index (κ3) is 12.4. The molecule has 3 N–H and O–H groups in total. The third-order valence-electron chi connectivity index (χ3n) is 5.81. The van der Waals surface area contributed by atoms with Gasteiger partial charge >= 0.3 is 24.4 Å². The first-order chi connectivity index (χ1) is 23.6. The molecule has 0 unspecified atom stereocenters. The van der Waals surface area contributed by atoms with Gasteiger partial charge in [-0.3, -0.25) is 9.89 Å². The standard InChI is InChI=1S/C15H12Cl2F3N3O2.C8H11N3O2.C7H2Cl2F4/c1-3-4-21-14(24)23-8(2)5-12(22-23)25-13-10(16)6-9(7-11(13)17)15(18,19)20;1-3-4-9-8(13)11-6(2)5-7(12)10-11;8-4-1-3(7(11,12)13)2-5(9)6(4)10/h3,5-7H,1,4H2,2H3,(H,21,24);3,5H,1,4H2,2H3,(H,9,13)(H,10,12);1-2H. The second kappa shape index (κ2) is 18.2. The lowest BCUT2D eigenvalue weighted by molar-refractivity contribution is -0.138. The van der Waals surface area contributed by atoms with E-state index in [1.54, 1.807) is 19.9 Å². The highest BCUT2D eigenvalue weighted by molar-refractivity contribution is 6.37. The summed E-state index contributed by atoms with van der Waals surface area (Å²) in [6.07, 6.45) is -6.10. The van der Waals surface area contributed by atoms with Crippen molar-refractivity contribution in [2.75, 3.05) is 13.1 Å². The zero-order valence-electron chi connectivity index (χ0n) is 26.1. The van der Waals surface area contributed by atoms with Gasteiger partial charge in [0.05, 0.1) is 36.9 Å². The minimum atomic E-state index is -4.59. The van der Waals surface area contributed by atoms with E-state index in [2.05, 4.69) is 34.0 Å². The first-order valence-corrected chi connectivity index (χ1v) is 15.2. The van der Waals surface area contributed by atoms with E-state index in [4.69, 9.17) is 51.1 Å². The van der Waals surface area contributed by atoms with Crippen LogP contribution in [-0.4, -0.2) is 44.7 Å². The average Bonchev–Trinajstić information content (AvgIpc) is 3.58. The molecule has 2 aromatic carbocycles. The Bertz CT molecular complexity index is 1910. The van der Waals surface area contributed by atoms with Crippen LogP contribution < -0.4 is 20.9 Å². The maximum absolute atomic E-state index is 12.7. The van der Waals surface area contributed by atoms with E-state index in [-0.39, 0.29) is 39.8 Å². The van der Waals surface area contributed by atoms with Gasteiger partial charge in [-0.05, 0) is 38.1 Å². The summed E-state index contributed by atoms with van der Waals surface area (Å²) in [7, 11) is 0. The van der Waals surface area contributed by atoms with Crippen molar-refractivity contribution in [2.24, 2.45) is 0 Å². The molecule has 4 rings (SSSR count). The topological polar surface area (TPSA) is 123 Å². The van der Waals surface area contributed by atoms with E-state index < -0.39 is 45.4 Å². The number of aryl methyl sites for hydroxylation is 2. The highest BCUT2D eigenvalue weighted by Crippen LogP contribution is 2.41. The van der Waals surface area contributed by atoms with Crippen LogP contribution in [0, 0.1) is 19.7 Å². The van der Waals surface area contributed by atoms with Crippen LogP contribution in [0.2, 0.25) is 20.1 Å². The minimum absolute atomic E-state index is 0.0465. The monoisotopic (exact) mass is 806 g/mol. The molecule has 0 fully saturated rings. The Morgan fingerprint density at radius 3 is 1.67 bits per heavy atom. The summed E-state index contributed by atoms with van der Waals surface area (Å²) in [5.74, 6) is -1.28. The van der Waals surface area contributed by atoms with Crippen LogP contribution >= 0.6 is 46.4 Å². The van der Waals surface area contributed by atoms with E-state index in [0.717, 1.165) is 9.36 Å². The number of hydrogen-bond acceptors (Lipinski definition) is 5. The Labute approximate surface area is 304 Å². The van der Waals surface area contributed by atoms with Crippen LogP contribution in [0.1, 0.15) is 22.5 Å².